The minimum atomic E-state index is -0.951. The molecule has 9 nitrogen and oxygen atoms in total. The zero-order valence-corrected chi connectivity index (χ0v) is 14.2. The number of carbonyl (C=O) groups is 3. The van der Waals surface area contributed by atoms with E-state index in [1.54, 1.807) is 35.8 Å². The molecule has 0 bridgehead atoms. The molecule has 9 heteroatoms. The van der Waals surface area contributed by atoms with Crippen LogP contribution in [-0.4, -0.2) is 108 Å². The van der Waals surface area contributed by atoms with Gasteiger partial charge in [-0.15, -0.1) is 0 Å². The fraction of sp³-hybridized carbons (Fsp3) is 0.786. The number of carboxylic acid groups (broad SMARTS) is 3. The van der Waals surface area contributed by atoms with Crippen molar-refractivity contribution in [2.75, 3.05) is 60.4 Å². The van der Waals surface area contributed by atoms with Gasteiger partial charge >= 0.3 is 17.9 Å². The van der Waals surface area contributed by atoms with Gasteiger partial charge in [-0.2, -0.15) is 0 Å². The largest absolute Gasteiger partial charge is 0.480 e. The van der Waals surface area contributed by atoms with Crippen molar-refractivity contribution in [3.63, 3.8) is 0 Å². The molecule has 3 N–H and O–H groups in total. The fourth-order valence-electron chi connectivity index (χ4n) is 2.97. The number of hydrogen-bond donors (Lipinski definition) is 3. The van der Waals surface area contributed by atoms with Gasteiger partial charge in [-0.3, -0.25) is 29.1 Å². The van der Waals surface area contributed by atoms with Gasteiger partial charge < -0.3 is 15.3 Å². The smallest absolute Gasteiger partial charge is 0.317 e. The molecule has 0 aromatic heterocycles. The minimum Gasteiger partial charge on any atom is -0.480 e. The first-order valence-electron chi connectivity index (χ1n) is 7.14. The molecule has 0 aromatic rings. The van der Waals surface area contributed by atoms with Crippen molar-refractivity contribution < 1.29 is 29.7 Å². The Kier molecular flexibility index (Phi) is 8.73. The van der Waals surface area contributed by atoms with Crippen LogP contribution in [0.5, 0.6) is 0 Å². The minimum absolute atomic E-state index is 0.138. The van der Waals surface area contributed by atoms with Crippen molar-refractivity contribution >= 4 is 17.9 Å². The Bertz CT molecular complexity index is 369. The molecular weight excluding hydrogens is 306 g/mol. The Balaban J connectivity index is 4.97. The molecule has 0 amide bonds. The maximum atomic E-state index is 10.8. The van der Waals surface area contributed by atoms with Gasteiger partial charge in [0.05, 0.1) is 19.6 Å². The lowest BCUT2D eigenvalue weighted by Crippen LogP contribution is -2.50. The molecule has 0 aliphatic rings. The fourth-order valence-corrected chi connectivity index (χ4v) is 2.97. The van der Waals surface area contributed by atoms with E-state index in [1.807, 2.05) is 6.92 Å². The van der Waals surface area contributed by atoms with Gasteiger partial charge in [0.25, 0.3) is 0 Å². The summed E-state index contributed by atoms with van der Waals surface area (Å²) in [6.07, 6.45) is 0. The number of nitrogens with zero attached hydrogens (tertiary/aromatic N) is 3. The Labute approximate surface area is 136 Å². The van der Waals surface area contributed by atoms with Gasteiger partial charge in [0.2, 0.25) is 0 Å². The molecule has 0 aromatic carbocycles. The second-order valence-electron chi connectivity index (χ2n) is 6.51. The van der Waals surface area contributed by atoms with Gasteiger partial charge in [-0.1, -0.05) is 6.92 Å². The van der Waals surface area contributed by atoms with E-state index in [9.17, 15) is 14.4 Å². The third kappa shape index (κ3) is 10.6. The molecule has 0 atom stereocenters. The predicted octanol–water partition coefficient (Wildman–Crippen LogP) is -0.958. The zero-order valence-electron chi connectivity index (χ0n) is 14.2. The van der Waals surface area contributed by atoms with E-state index >= 15 is 0 Å². The maximum absolute atomic E-state index is 10.8. The van der Waals surface area contributed by atoms with E-state index in [0.29, 0.717) is 19.6 Å². The highest BCUT2D eigenvalue weighted by Gasteiger charge is 2.30. The zero-order chi connectivity index (χ0) is 18.2. The number of carboxylic acids is 3. The van der Waals surface area contributed by atoms with Gasteiger partial charge in [-0.25, -0.2) is 0 Å². The quantitative estimate of drug-likeness (QED) is 0.414. The highest BCUT2D eigenvalue weighted by atomic mass is 16.4. The van der Waals surface area contributed by atoms with Crippen LogP contribution in [0.3, 0.4) is 0 Å². The average molecular weight is 333 g/mol. The van der Waals surface area contributed by atoms with Crippen LogP contribution in [0.1, 0.15) is 6.92 Å². The van der Waals surface area contributed by atoms with Crippen LogP contribution in [-0.2, 0) is 14.4 Å². The van der Waals surface area contributed by atoms with Crippen LogP contribution in [0.25, 0.3) is 0 Å². The van der Waals surface area contributed by atoms with E-state index in [0.717, 1.165) is 0 Å². The number of likely N-dealkylation sites (N-methyl/N-ethyl adjacent to an activating group) is 3. The van der Waals surface area contributed by atoms with Crippen molar-refractivity contribution in [1.29, 1.82) is 0 Å². The summed E-state index contributed by atoms with van der Waals surface area (Å²) >= 11 is 0. The monoisotopic (exact) mass is 333 g/mol. The molecule has 23 heavy (non-hydrogen) atoms. The van der Waals surface area contributed by atoms with Crippen molar-refractivity contribution in [3.8, 4) is 0 Å². The molecule has 0 aliphatic heterocycles. The van der Waals surface area contributed by atoms with E-state index < -0.39 is 23.3 Å². The van der Waals surface area contributed by atoms with Gasteiger partial charge in [0.15, 0.2) is 0 Å². The maximum Gasteiger partial charge on any atom is 0.317 e. The highest BCUT2D eigenvalue weighted by molar-refractivity contribution is 5.69. The molecule has 0 spiro atoms. The van der Waals surface area contributed by atoms with Gasteiger partial charge in [0.1, 0.15) is 0 Å². The van der Waals surface area contributed by atoms with Crippen LogP contribution < -0.4 is 0 Å². The molecule has 0 saturated carbocycles. The number of hydrogen-bond acceptors (Lipinski definition) is 6. The van der Waals surface area contributed by atoms with Crippen LogP contribution in [0.15, 0.2) is 0 Å². The topological polar surface area (TPSA) is 122 Å². The summed E-state index contributed by atoms with van der Waals surface area (Å²) in [4.78, 5) is 37.3. The van der Waals surface area contributed by atoms with Crippen LogP contribution >= 0.6 is 0 Å². The summed E-state index contributed by atoms with van der Waals surface area (Å²) in [5, 5.41) is 26.6. The number of rotatable bonds is 12. The standard InChI is InChI=1S/C14H27N3O6/c1-14(8-15(2)5-11(18)19,9-16(3)6-12(20)21)10-17(4)7-13(22)23/h5-10H2,1-4H3,(H,18,19)(H,20,21)(H,22,23). The second-order valence-corrected chi connectivity index (χ2v) is 6.51. The molecule has 0 saturated heterocycles. The normalized spacial score (nSPS) is 12.1. The first kappa shape index (κ1) is 21.3. The Morgan fingerprint density at radius 3 is 1.09 bits per heavy atom. The van der Waals surface area contributed by atoms with Crippen LogP contribution in [0.2, 0.25) is 0 Å². The van der Waals surface area contributed by atoms with Crippen molar-refractivity contribution in [3.05, 3.63) is 0 Å². The first-order chi connectivity index (χ1) is 10.4. The Morgan fingerprint density at radius 1 is 0.696 bits per heavy atom. The summed E-state index contributed by atoms with van der Waals surface area (Å²) in [5.74, 6) is -2.85. The number of aliphatic carboxylic acids is 3. The molecule has 0 aliphatic carbocycles. The van der Waals surface area contributed by atoms with Crippen molar-refractivity contribution in [1.82, 2.24) is 14.7 Å². The van der Waals surface area contributed by atoms with Crippen LogP contribution in [0, 0.1) is 5.41 Å². The van der Waals surface area contributed by atoms with Gasteiger partial charge in [0, 0.05) is 25.0 Å². The average Bonchev–Trinajstić information content (AvgIpc) is 2.22. The molecular formula is C14H27N3O6. The second kappa shape index (κ2) is 9.43. The summed E-state index contributed by atoms with van der Waals surface area (Å²) in [6.45, 7) is 2.67. The molecule has 0 radical (unpaired) electrons. The third-order valence-corrected chi connectivity index (χ3v) is 3.17. The van der Waals surface area contributed by atoms with Crippen LogP contribution in [0.4, 0.5) is 0 Å². The third-order valence-electron chi connectivity index (χ3n) is 3.17. The van der Waals surface area contributed by atoms with E-state index in [1.165, 1.54) is 0 Å². The van der Waals surface area contributed by atoms with Gasteiger partial charge in [-0.05, 0) is 21.1 Å². The summed E-state index contributed by atoms with van der Waals surface area (Å²) in [7, 11) is 5.00. The summed E-state index contributed by atoms with van der Waals surface area (Å²) in [5.41, 5.74) is -0.488. The van der Waals surface area contributed by atoms with Crippen molar-refractivity contribution in [2.24, 2.45) is 5.41 Å². The lowest BCUT2D eigenvalue weighted by Gasteiger charge is -2.38. The lowest BCUT2D eigenvalue weighted by molar-refractivity contribution is -0.138. The SMILES string of the molecule is CN(CC(=O)O)CC(C)(CN(C)CC(=O)O)CN(C)CC(=O)O. The lowest BCUT2D eigenvalue weighted by atomic mass is 9.88. The predicted molar refractivity (Wildman–Crippen MR) is 83.5 cm³/mol. The van der Waals surface area contributed by atoms with E-state index in [2.05, 4.69) is 0 Å². The first-order valence-corrected chi connectivity index (χ1v) is 7.14. The highest BCUT2D eigenvalue weighted by Crippen LogP contribution is 2.20. The molecule has 0 fully saturated rings. The Morgan fingerprint density at radius 2 is 0.913 bits per heavy atom. The Hall–Kier alpha value is -1.71. The molecule has 0 unspecified atom stereocenters. The molecule has 134 valence electrons. The van der Waals surface area contributed by atoms with E-state index in [4.69, 9.17) is 15.3 Å². The molecule has 0 rings (SSSR count). The summed E-state index contributed by atoms with van der Waals surface area (Å²) in [6, 6.07) is 0. The molecule has 0 heterocycles. The van der Waals surface area contributed by atoms with E-state index in [-0.39, 0.29) is 19.6 Å². The van der Waals surface area contributed by atoms with Crippen molar-refractivity contribution in [2.45, 2.75) is 6.92 Å². The summed E-state index contributed by atoms with van der Waals surface area (Å²) < 4.78 is 0.